The number of nitrogen functional groups attached to an aromatic ring is 1. The molecule has 2 rings (SSSR count). The SMILES string of the molecule is COC1CCC(Nc2ncc(N)cc2C(=O)O)C1. The van der Waals surface area contributed by atoms with Crippen molar-refractivity contribution in [1.82, 2.24) is 4.98 Å². The fourth-order valence-electron chi connectivity index (χ4n) is 2.24. The third kappa shape index (κ3) is 2.70. The number of carbonyl (C=O) groups is 1. The largest absolute Gasteiger partial charge is 0.478 e. The predicted octanol–water partition coefficient (Wildman–Crippen LogP) is 1.34. The zero-order valence-corrected chi connectivity index (χ0v) is 10.2. The lowest BCUT2D eigenvalue weighted by Gasteiger charge is -2.15. The lowest BCUT2D eigenvalue weighted by molar-refractivity contribution is 0.0697. The van der Waals surface area contributed by atoms with E-state index in [1.807, 2.05) is 0 Å². The first-order valence-corrected chi connectivity index (χ1v) is 5.88. The minimum Gasteiger partial charge on any atom is -0.478 e. The number of anilines is 2. The van der Waals surface area contributed by atoms with E-state index in [0.717, 1.165) is 19.3 Å². The molecule has 0 spiro atoms. The van der Waals surface area contributed by atoms with Gasteiger partial charge in [-0.1, -0.05) is 0 Å². The number of hydrogen-bond donors (Lipinski definition) is 3. The molecule has 1 aromatic rings. The second-order valence-electron chi connectivity index (χ2n) is 4.48. The number of aromatic carboxylic acids is 1. The molecule has 1 aliphatic rings. The van der Waals surface area contributed by atoms with Gasteiger partial charge in [0.2, 0.25) is 0 Å². The first-order chi connectivity index (χ1) is 8.60. The Morgan fingerprint density at radius 3 is 3.00 bits per heavy atom. The molecule has 2 atom stereocenters. The van der Waals surface area contributed by atoms with Crippen LogP contribution in [-0.2, 0) is 4.74 Å². The minimum atomic E-state index is -1.03. The number of carboxylic acids is 1. The maximum absolute atomic E-state index is 11.1. The fraction of sp³-hybridized carbons (Fsp3) is 0.500. The smallest absolute Gasteiger partial charge is 0.339 e. The molecule has 4 N–H and O–H groups in total. The number of nitrogens with zero attached hydrogens (tertiary/aromatic N) is 1. The van der Waals surface area contributed by atoms with Crippen LogP contribution in [0.2, 0.25) is 0 Å². The zero-order valence-electron chi connectivity index (χ0n) is 10.2. The van der Waals surface area contributed by atoms with E-state index in [1.54, 1.807) is 7.11 Å². The molecule has 0 radical (unpaired) electrons. The average molecular weight is 251 g/mol. The van der Waals surface area contributed by atoms with Gasteiger partial charge in [0, 0.05) is 13.2 Å². The van der Waals surface area contributed by atoms with Crippen molar-refractivity contribution >= 4 is 17.5 Å². The van der Waals surface area contributed by atoms with Crippen LogP contribution in [0.5, 0.6) is 0 Å². The number of nitrogens with one attached hydrogen (secondary N) is 1. The third-order valence-corrected chi connectivity index (χ3v) is 3.20. The quantitative estimate of drug-likeness (QED) is 0.747. The van der Waals surface area contributed by atoms with Gasteiger partial charge in [0.1, 0.15) is 11.4 Å². The Labute approximate surface area is 105 Å². The Morgan fingerprint density at radius 2 is 2.39 bits per heavy atom. The number of aromatic nitrogens is 1. The number of carboxylic acid groups (broad SMARTS) is 1. The van der Waals surface area contributed by atoms with E-state index in [9.17, 15) is 4.79 Å². The normalized spacial score (nSPS) is 22.9. The highest BCUT2D eigenvalue weighted by atomic mass is 16.5. The van der Waals surface area contributed by atoms with E-state index >= 15 is 0 Å². The molecule has 1 saturated carbocycles. The molecule has 18 heavy (non-hydrogen) atoms. The molecule has 6 heteroatoms. The maximum Gasteiger partial charge on any atom is 0.339 e. The van der Waals surface area contributed by atoms with E-state index in [0.29, 0.717) is 11.5 Å². The molecule has 1 aliphatic carbocycles. The van der Waals surface area contributed by atoms with Gasteiger partial charge in [-0.25, -0.2) is 9.78 Å². The highest BCUT2D eigenvalue weighted by Crippen LogP contribution is 2.26. The summed E-state index contributed by atoms with van der Waals surface area (Å²) < 4.78 is 5.28. The van der Waals surface area contributed by atoms with Crippen LogP contribution in [0.3, 0.4) is 0 Å². The Hall–Kier alpha value is -1.82. The van der Waals surface area contributed by atoms with E-state index in [4.69, 9.17) is 15.6 Å². The molecule has 0 amide bonds. The van der Waals surface area contributed by atoms with Crippen LogP contribution < -0.4 is 11.1 Å². The predicted molar refractivity (Wildman–Crippen MR) is 67.7 cm³/mol. The Kier molecular flexibility index (Phi) is 3.66. The molecule has 0 bridgehead atoms. The molecule has 1 fully saturated rings. The van der Waals surface area contributed by atoms with E-state index in [-0.39, 0.29) is 17.7 Å². The van der Waals surface area contributed by atoms with Crippen molar-refractivity contribution in [3.8, 4) is 0 Å². The molecule has 0 aliphatic heterocycles. The number of methoxy groups -OCH3 is 1. The molecule has 1 heterocycles. The van der Waals surface area contributed by atoms with Gasteiger partial charge in [-0.3, -0.25) is 0 Å². The summed E-state index contributed by atoms with van der Waals surface area (Å²) in [5.74, 6) is -0.656. The van der Waals surface area contributed by atoms with Gasteiger partial charge in [0.15, 0.2) is 0 Å². The molecule has 1 aromatic heterocycles. The summed E-state index contributed by atoms with van der Waals surface area (Å²) in [5, 5.41) is 12.3. The highest BCUT2D eigenvalue weighted by Gasteiger charge is 2.25. The Balaban J connectivity index is 2.12. The average Bonchev–Trinajstić information content (AvgIpc) is 2.79. The summed E-state index contributed by atoms with van der Waals surface area (Å²) in [7, 11) is 1.69. The van der Waals surface area contributed by atoms with Crippen LogP contribution in [0.1, 0.15) is 29.6 Å². The second-order valence-corrected chi connectivity index (χ2v) is 4.48. The second kappa shape index (κ2) is 5.22. The minimum absolute atomic E-state index is 0.107. The highest BCUT2D eigenvalue weighted by molar-refractivity contribution is 5.94. The Bertz CT molecular complexity index is 450. The monoisotopic (exact) mass is 251 g/mol. The van der Waals surface area contributed by atoms with Crippen molar-refractivity contribution in [1.29, 1.82) is 0 Å². The van der Waals surface area contributed by atoms with Crippen LogP contribution in [0.4, 0.5) is 11.5 Å². The van der Waals surface area contributed by atoms with Gasteiger partial charge in [0.05, 0.1) is 18.0 Å². The standard InChI is InChI=1S/C12H17N3O3/c1-18-9-3-2-8(5-9)15-11-10(12(16)17)4-7(13)6-14-11/h4,6,8-9H,2-3,5,13H2,1H3,(H,14,15)(H,16,17). The summed E-state index contributed by atoms with van der Waals surface area (Å²) in [6, 6.07) is 1.62. The number of rotatable bonds is 4. The molecular weight excluding hydrogens is 234 g/mol. The lowest BCUT2D eigenvalue weighted by atomic mass is 10.2. The molecule has 0 aromatic carbocycles. The van der Waals surface area contributed by atoms with Gasteiger partial charge in [-0.05, 0) is 25.3 Å². The number of pyridine rings is 1. The van der Waals surface area contributed by atoms with E-state index < -0.39 is 5.97 Å². The molecule has 6 nitrogen and oxygen atoms in total. The number of hydrogen-bond acceptors (Lipinski definition) is 5. The fourth-order valence-corrected chi connectivity index (χ4v) is 2.24. The summed E-state index contributed by atoms with van der Waals surface area (Å²) in [6.45, 7) is 0. The lowest BCUT2D eigenvalue weighted by Crippen LogP contribution is -2.20. The zero-order chi connectivity index (χ0) is 13.1. The van der Waals surface area contributed by atoms with Crippen LogP contribution in [-0.4, -0.2) is 35.3 Å². The van der Waals surface area contributed by atoms with Crippen molar-refractivity contribution < 1.29 is 14.6 Å². The Morgan fingerprint density at radius 1 is 1.61 bits per heavy atom. The van der Waals surface area contributed by atoms with Crippen molar-refractivity contribution in [3.63, 3.8) is 0 Å². The van der Waals surface area contributed by atoms with Gasteiger partial charge in [-0.15, -0.1) is 0 Å². The van der Waals surface area contributed by atoms with Gasteiger partial charge >= 0.3 is 5.97 Å². The van der Waals surface area contributed by atoms with Crippen molar-refractivity contribution in [3.05, 3.63) is 17.8 Å². The molecular formula is C12H17N3O3. The van der Waals surface area contributed by atoms with Crippen LogP contribution in [0.25, 0.3) is 0 Å². The first kappa shape index (κ1) is 12.6. The van der Waals surface area contributed by atoms with Crippen molar-refractivity contribution in [2.24, 2.45) is 0 Å². The van der Waals surface area contributed by atoms with Gasteiger partial charge in [0.25, 0.3) is 0 Å². The summed E-state index contributed by atoms with van der Waals surface area (Å²) in [6.07, 6.45) is 4.48. The van der Waals surface area contributed by atoms with Crippen LogP contribution in [0, 0.1) is 0 Å². The van der Waals surface area contributed by atoms with Crippen LogP contribution in [0.15, 0.2) is 12.3 Å². The molecule has 98 valence electrons. The topological polar surface area (TPSA) is 97.5 Å². The van der Waals surface area contributed by atoms with E-state index in [2.05, 4.69) is 10.3 Å². The molecule has 0 saturated heterocycles. The van der Waals surface area contributed by atoms with E-state index in [1.165, 1.54) is 12.3 Å². The van der Waals surface area contributed by atoms with Crippen molar-refractivity contribution in [2.75, 3.05) is 18.2 Å². The van der Waals surface area contributed by atoms with Crippen molar-refractivity contribution in [2.45, 2.75) is 31.4 Å². The third-order valence-electron chi connectivity index (χ3n) is 3.20. The maximum atomic E-state index is 11.1. The number of nitrogens with two attached hydrogens (primary N) is 1. The van der Waals surface area contributed by atoms with Crippen LogP contribution >= 0.6 is 0 Å². The summed E-state index contributed by atoms with van der Waals surface area (Å²) in [4.78, 5) is 15.2. The summed E-state index contributed by atoms with van der Waals surface area (Å²) in [5.41, 5.74) is 6.00. The summed E-state index contributed by atoms with van der Waals surface area (Å²) >= 11 is 0. The molecule has 2 unspecified atom stereocenters. The van der Waals surface area contributed by atoms with Gasteiger partial charge in [-0.2, -0.15) is 0 Å². The number of ether oxygens (including phenoxy) is 1. The van der Waals surface area contributed by atoms with Gasteiger partial charge < -0.3 is 20.9 Å². The first-order valence-electron chi connectivity index (χ1n) is 5.88.